The maximum Gasteiger partial charge on any atom is 0.233 e. The molecule has 0 aromatic rings. The Labute approximate surface area is 54.9 Å². The zero-order valence-corrected chi connectivity index (χ0v) is 5.77. The molecule has 1 atom stereocenters. The van der Waals surface area contributed by atoms with Gasteiger partial charge in [0.05, 0.1) is 0 Å². The van der Waals surface area contributed by atoms with Crippen LogP contribution in [0.4, 0.5) is 0 Å². The zero-order valence-electron chi connectivity index (χ0n) is 6.96. The molecule has 0 aliphatic carbocycles. The lowest BCUT2D eigenvalue weighted by Gasteiger charge is -2.00. The van der Waals surface area contributed by atoms with Crippen LogP contribution in [0.3, 0.4) is 0 Å². The average molecular weight is 141 g/mol. The Balaban J connectivity index is 3.61. The minimum absolute atomic E-state index is 0.247. The first-order valence-corrected chi connectivity index (χ1v) is 3.43. The minimum Gasteiger partial charge on any atom is -0.294 e. The van der Waals surface area contributed by atoms with E-state index in [4.69, 9.17) is 2.84 Å². The van der Waals surface area contributed by atoms with Crippen molar-refractivity contribution in [1.82, 2.24) is 4.72 Å². The summed E-state index contributed by atoms with van der Waals surface area (Å²) in [4.78, 5) is 0. The molecule has 0 radical (unpaired) electrons. The summed E-state index contributed by atoms with van der Waals surface area (Å²) >= 11 is -1.93. The van der Waals surface area contributed by atoms with Crippen molar-refractivity contribution in [2.24, 2.45) is 5.92 Å². The molecule has 0 saturated carbocycles. The van der Waals surface area contributed by atoms with Crippen molar-refractivity contribution >= 4 is 11.3 Å². The standard InChI is InChI=1S/C4H11NO2S/c1-4(2)3-5-8(6)7/h4-5H,3H2,1-2H3,(H,6,7)/i/hT2. The van der Waals surface area contributed by atoms with Crippen LogP contribution >= 0.6 is 0 Å². The largest absolute Gasteiger partial charge is 0.294 e. The van der Waals surface area contributed by atoms with Gasteiger partial charge in [-0.25, -0.2) is 8.92 Å². The Hall–Kier alpha value is 0.0700. The fraction of sp³-hybridized carbons (Fsp3) is 1.00. The van der Waals surface area contributed by atoms with E-state index >= 15 is 0 Å². The van der Waals surface area contributed by atoms with Crippen LogP contribution in [0, 0.1) is 5.92 Å². The molecule has 4 heteroatoms. The van der Waals surface area contributed by atoms with Gasteiger partial charge < -0.3 is 0 Å². The molecule has 0 rings (SSSR count). The SMILES string of the molecule is [3H]OS(=O)N([3H])CC(C)C. The summed E-state index contributed by atoms with van der Waals surface area (Å²) in [5.74, 6) is 0.247. The van der Waals surface area contributed by atoms with Crippen molar-refractivity contribution in [3.05, 3.63) is 0 Å². The first-order chi connectivity index (χ1) is 4.57. The normalized spacial score (nSPS) is 18.5. The van der Waals surface area contributed by atoms with Gasteiger partial charge in [0.1, 0.15) is 1.41 Å². The number of hydrogen-bond acceptors (Lipinski definition) is 2. The lowest BCUT2D eigenvalue weighted by Crippen LogP contribution is -2.21. The summed E-state index contributed by atoms with van der Waals surface area (Å²) in [6.45, 7) is 4.12. The fourth-order valence-electron chi connectivity index (χ4n) is 0.210. The Morgan fingerprint density at radius 1 is 2.12 bits per heavy atom. The van der Waals surface area contributed by atoms with Crippen LogP contribution in [0.5, 0.6) is 0 Å². The quantitative estimate of drug-likeness (QED) is 0.556. The van der Waals surface area contributed by atoms with E-state index < -0.39 is 11.3 Å². The van der Waals surface area contributed by atoms with E-state index in [1.165, 1.54) is 0 Å². The van der Waals surface area contributed by atoms with Gasteiger partial charge in [-0.05, 0) is 5.92 Å². The second kappa shape index (κ2) is 4.00. The highest BCUT2D eigenvalue weighted by molar-refractivity contribution is 7.77. The van der Waals surface area contributed by atoms with Crippen LogP contribution in [0.15, 0.2) is 0 Å². The molecule has 2 N–H and O–H groups in total. The molecule has 1 unspecified atom stereocenters. The maximum atomic E-state index is 10.5. The van der Waals surface area contributed by atoms with Crippen LogP contribution in [-0.4, -0.2) is 15.3 Å². The number of hydrogen-bond donors (Lipinski definition) is 2. The van der Waals surface area contributed by atoms with E-state index in [-0.39, 0.29) is 5.92 Å². The molecule has 0 aromatic carbocycles. The van der Waals surface area contributed by atoms with E-state index in [1.54, 1.807) is 0 Å². The molecule has 0 heterocycles. The Morgan fingerprint density at radius 2 is 2.75 bits per heavy atom. The van der Waals surface area contributed by atoms with Gasteiger partial charge in [0.15, 0.2) is 0 Å². The molecule has 0 saturated heterocycles. The van der Waals surface area contributed by atoms with Crippen molar-refractivity contribution in [2.75, 3.05) is 6.54 Å². The van der Waals surface area contributed by atoms with Gasteiger partial charge in [0.25, 0.3) is 0 Å². The highest BCUT2D eigenvalue weighted by atomic mass is 32.2. The van der Waals surface area contributed by atoms with Gasteiger partial charge in [0.2, 0.25) is 12.7 Å². The van der Waals surface area contributed by atoms with E-state index in [1.807, 2.05) is 13.8 Å². The molecular formula is C4H11NO2S. The van der Waals surface area contributed by atoms with Gasteiger partial charge in [-0.2, -0.15) is 0 Å². The van der Waals surface area contributed by atoms with E-state index in [2.05, 4.69) is 4.56 Å². The molecule has 8 heavy (non-hydrogen) atoms. The second-order valence-electron chi connectivity index (χ2n) is 1.92. The molecule has 0 spiro atoms. The van der Waals surface area contributed by atoms with Gasteiger partial charge >= 0.3 is 0 Å². The van der Waals surface area contributed by atoms with E-state index in [9.17, 15) is 4.21 Å². The molecule has 50 valence electrons. The maximum absolute atomic E-state index is 10.5. The van der Waals surface area contributed by atoms with Crippen LogP contribution in [-0.2, 0) is 11.3 Å². The second-order valence-corrected chi connectivity index (χ2v) is 2.62. The van der Waals surface area contributed by atoms with Crippen LogP contribution < -0.4 is 4.72 Å². The summed E-state index contributed by atoms with van der Waals surface area (Å²) in [5, 5.41) is 0. The summed E-state index contributed by atoms with van der Waals surface area (Å²) in [6.07, 6.45) is 0. The molecule has 0 fully saturated rings. The zero-order chi connectivity index (χ0) is 8.15. The minimum atomic E-state index is -1.93. The van der Waals surface area contributed by atoms with Crippen molar-refractivity contribution < 1.29 is 10.2 Å². The third-order valence-electron chi connectivity index (χ3n) is 0.545. The Morgan fingerprint density at radius 3 is 3.12 bits per heavy atom. The van der Waals surface area contributed by atoms with Gasteiger partial charge in [-0.3, -0.25) is 4.56 Å². The van der Waals surface area contributed by atoms with Crippen molar-refractivity contribution in [1.29, 1.82) is 1.43 Å². The third-order valence-corrected chi connectivity index (χ3v) is 0.905. The number of rotatable bonds is 4. The van der Waals surface area contributed by atoms with Crippen molar-refractivity contribution in [3.8, 4) is 0 Å². The van der Waals surface area contributed by atoms with Crippen molar-refractivity contribution in [2.45, 2.75) is 13.8 Å². The first kappa shape index (κ1) is 4.90. The average Bonchev–Trinajstić information content (AvgIpc) is 1.85. The van der Waals surface area contributed by atoms with Crippen LogP contribution in [0.25, 0.3) is 1.43 Å². The molecule has 0 amide bonds. The molecule has 0 bridgehead atoms. The fourth-order valence-corrected chi connectivity index (χ4v) is 0.630. The molecule has 0 aromatic heterocycles. The lowest BCUT2D eigenvalue weighted by atomic mass is 10.2. The topological polar surface area (TPSA) is 49.3 Å². The van der Waals surface area contributed by atoms with Crippen LogP contribution in [0.1, 0.15) is 13.8 Å². The van der Waals surface area contributed by atoms with E-state index in [0.29, 0.717) is 6.54 Å². The number of nitrogens with one attached hydrogen (secondary N) is 1. The van der Waals surface area contributed by atoms with Crippen molar-refractivity contribution in [3.63, 3.8) is 0 Å². The van der Waals surface area contributed by atoms with Gasteiger partial charge in [-0.1, -0.05) is 13.8 Å². The van der Waals surface area contributed by atoms with Gasteiger partial charge in [0, 0.05) is 6.54 Å². The Kier molecular flexibility index (Phi) is 2.45. The monoisotopic (exact) mass is 141 g/mol. The smallest absolute Gasteiger partial charge is 0.233 e. The molecule has 0 aliphatic rings. The predicted octanol–water partition coefficient (Wildman–Crippen LogP) is 0.369. The summed E-state index contributed by atoms with van der Waals surface area (Å²) in [5.41, 5.74) is 0. The predicted molar refractivity (Wildman–Crippen MR) is 33.6 cm³/mol. The molecular weight excluding hydrogens is 126 g/mol. The third kappa shape index (κ3) is 6.07. The summed E-state index contributed by atoms with van der Waals surface area (Å²) < 4.78 is 28.1. The van der Waals surface area contributed by atoms with E-state index in [0.717, 1.165) is 4.72 Å². The highest BCUT2D eigenvalue weighted by Gasteiger charge is 1.93. The summed E-state index contributed by atoms with van der Waals surface area (Å²) in [6, 6.07) is 0. The molecule has 3 nitrogen and oxygen atoms in total. The Bertz CT molecular complexity index is 122. The van der Waals surface area contributed by atoms with Gasteiger partial charge in [-0.15, -0.1) is 0 Å². The molecule has 0 aliphatic heterocycles. The first-order valence-electron chi connectivity index (χ1n) is 3.25. The lowest BCUT2D eigenvalue weighted by molar-refractivity contribution is 0.533. The highest BCUT2D eigenvalue weighted by Crippen LogP contribution is 1.86. The summed E-state index contributed by atoms with van der Waals surface area (Å²) in [7, 11) is 0. The van der Waals surface area contributed by atoms with Crippen LogP contribution in [0.2, 0.25) is 1.41 Å².